The molecule has 10 heteroatoms. The van der Waals surface area contributed by atoms with Crippen molar-refractivity contribution in [2.45, 2.75) is 13.2 Å². The van der Waals surface area contributed by atoms with Crippen molar-refractivity contribution in [3.63, 3.8) is 0 Å². The number of methoxy groups -OCH3 is 1. The maximum Gasteiger partial charge on any atom is 0.337 e. The molecule has 0 amide bonds. The van der Waals surface area contributed by atoms with E-state index in [4.69, 9.17) is 19.4 Å². The second-order valence-corrected chi connectivity index (χ2v) is 7.94. The summed E-state index contributed by atoms with van der Waals surface area (Å²) in [6, 6.07) is 14.7. The Hall–Kier alpha value is -3.89. The van der Waals surface area contributed by atoms with Crippen molar-refractivity contribution in [1.82, 2.24) is 25.0 Å². The molecule has 0 bridgehead atoms. The zero-order valence-corrected chi connectivity index (χ0v) is 18.7. The van der Waals surface area contributed by atoms with Gasteiger partial charge in [-0.1, -0.05) is 35.5 Å². The quantitative estimate of drug-likeness (QED) is 0.432. The van der Waals surface area contributed by atoms with E-state index in [0.29, 0.717) is 61.2 Å². The molecule has 0 spiro atoms. The summed E-state index contributed by atoms with van der Waals surface area (Å²) in [6.45, 7) is 2.98. The van der Waals surface area contributed by atoms with Gasteiger partial charge in [0.05, 0.1) is 39.0 Å². The average Bonchev–Trinajstić information content (AvgIpc) is 3.31. The fourth-order valence-corrected chi connectivity index (χ4v) is 3.92. The van der Waals surface area contributed by atoms with Crippen LogP contribution in [0.5, 0.6) is 0 Å². The van der Waals surface area contributed by atoms with Gasteiger partial charge >= 0.3 is 5.97 Å². The lowest BCUT2D eigenvalue weighted by atomic mass is 10.1. The van der Waals surface area contributed by atoms with Gasteiger partial charge in [0.2, 0.25) is 0 Å². The van der Waals surface area contributed by atoms with Gasteiger partial charge < -0.3 is 19.5 Å². The highest BCUT2D eigenvalue weighted by molar-refractivity contribution is 5.89. The Labute approximate surface area is 195 Å². The summed E-state index contributed by atoms with van der Waals surface area (Å²) < 4.78 is 12.0. The first kappa shape index (κ1) is 21.9. The van der Waals surface area contributed by atoms with Crippen LogP contribution in [0.15, 0.2) is 48.5 Å². The van der Waals surface area contributed by atoms with Crippen molar-refractivity contribution in [3.05, 3.63) is 65.2 Å². The smallest absolute Gasteiger partial charge is 0.337 e. The molecule has 0 atom stereocenters. The first-order chi connectivity index (χ1) is 16.7. The number of aliphatic hydroxyl groups excluding tert-OH is 1. The molecule has 1 fully saturated rings. The van der Waals surface area contributed by atoms with Crippen molar-refractivity contribution in [1.29, 1.82) is 0 Å². The number of hydrogen-bond donors (Lipinski definition) is 1. The Balaban J connectivity index is 1.57. The minimum Gasteiger partial charge on any atom is -0.465 e. The number of hydrogen-bond acceptors (Lipinski definition) is 9. The number of morpholine rings is 1. The van der Waals surface area contributed by atoms with Crippen LogP contribution in [0.25, 0.3) is 22.6 Å². The molecule has 0 radical (unpaired) electrons. The molecule has 3 heterocycles. The molecule has 10 nitrogen and oxygen atoms in total. The second-order valence-electron chi connectivity index (χ2n) is 7.94. The highest BCUT2D eigenvalue weighted by Crippen LogP contribution is 2.27. The lowest BCUT2D eigenvalue weighted by Gasteiger charge is -2.28. The number of ether oxygens (including phenoxy) is 2. The van der Waals surface area contributed by atoms with Gasteiger partial charge in [-0.15, -0.1) is 5.10 Å². The van der Waals surface area contributed by atoms with E-state index in [1.165, 1.54) is 7.11 Å². The molecule has 1 aliphatic rings. The largest absolute Gasteiger partial charge is 0.465 e. The first-order valence-electron chi connectivity index (χ1n) is 11.0. The third kappa shape index (κ3) is 4.33. The van der Waals surface area contributed by atoms with Crippen LogP contribution in [0, 0.1) is 0 Å². The Morgan fingerprint density at radius 2 is 1.88 bits per heavy atom. The van der Waals surface area contributed by atoms with E-state index in [-0.39, 0.29) is 12.6 Å². The van der Waals surface area contributed by atoms with Crippen molar-refractivity contribution in [2.24, 2.45) is 0 Å². The van der Waals surface area contributed by atoms with Crippen LogP contribution in [-0.4, -0.2) is 69.5 Å². The van der Waals surface area contributed by atoms with Gasteiger partial charge in [0.1, 0.15) is 0 Å². The van der Waals surface area contributed by atoms with E-state index >= 15 is 0 Å². The van der Waals surface area contributed by atoms with Crippen LogP contribution in [-0.2, 0) is 22.6 Å². The predicted molar refractivity (Wildman–Crippen MR) is 124 cm³/mol. The molecule has 1 saturated heterocycles. The summed E-state index contributed by atoms with van der Waals surface area (Å²) in [5.41, 5.74) is 4.24. The van der Waals surface area contributed by atoms with Gasteiger partial charge in [0.25, 0.3) is 0 Å². The van der Waals surface area contributed by atoms with Crippen LogP contribution in [0.4, 0.5) is 5.82 Å². The van der Waals surface area contributed by atoms with Gasteiger partial charge in [-0.25, -0.2) is 19.4 Å². The van der Waals surface area contributed by atoms with Gasteiger partial charge in [0.15, 0.2) is 22.8 Å². The molecule has 1 aliphatic heterocycles. The molecule has 174 valence electrons. The van der Waals surface area contributed by atoms with Crippen LogP contribution >= 0.6 is 0 Å². The number of fused-ring (bicyclic) bond motifs is 1. The highest BCUT2D eigenvalue weighted by Gasteiger charge is 2.22. The summed E-state index contributed by atoms with van der Waals surface area (Å²) >= 11 is 0. The van der Waals surface area contributed by atoms with Crippen LogP contribution in [0.1, 0.15) is 21.5 Å². The van der Waals surface area contributed by atoms with Crippen LogP contribution in [0.2, 0.25) is 0 Å². The summed E-state index contributed by atoms with van der Waals surface area (Å²) in [5.74, 6) is 0.870. The predicted octanol–water partition coefficient (Wildman–Crippen LogP) is 2.05. The number of aromatic nitrogens is 5. The van der Waals surface area contributed by atoms with Crippen molar-refractivity contribution >= 4 is 23.0 Å². The van der Waals surface area contributed by atoms with Crippen molar-refractivity contribution in [3.8, 4) is 11.4 Å². The second kappa shape index (κ2) is 9.54. The number of esters is 1. The number of anilines is 1. The summed E-state index contributed by atoms with van der Waals surface area (Å²) in [4.78, 5) is 23.5. The monoisotopic (exact) mass is 460 g/mol. The maximum absolute atomic E-state index is 11.7. The number of benzene rings is 2. The minimum atomic E-state index is -0.379. The molecule has 0 aliphatic carbocycles. The van der Waals surface area contributed by atoms with Gasteiger partial charge in [-0.3, -0.25) is 0 Å². The lowest BCUT2D eigenvalue weighted by molar-refractivity contribution is 0.0600. The van der Waals surface area contributed by atoms with Crippen LogP contribution < -0.4 is 4.90 Å². The average molecular weight is 460 g/mol. The Morgan fingerprint density at radius 1 is 1.09 bits per heavy atom. The van der Waals surface area contributed by atoms with Crippen molar-refractivity contribution in [2.75, 3.05) is 38.3 Å². The lowest BCUT2D eigenvalue weighted by Crippen LogP contribution is -2.37. The highest BCUT2D eigenvalue weighted by atomic mass is 16.5. The topological polar surface area (TPSA) is 115 Å². The minimum absolute atomic E-state index is 0.0620. The van der Waals surface area contributed by atoms with Gasteiger partial charge in [0, 0.05) is 18.7 Å². The molecule has 4 aromatic rings. The molecule has 0 saturated carbocycles. The number of rotatable bonds is 6. The van der Waals surface area contributed by atoms with Crippen molar-refractivity contribution < 1.29 is 19.4 Å². The van der Waals surface area contributed by atoms with E-state index in [1.54, 1.807) is 16.8 Å². The molecule has 2 aromatic carbocycles. The van der Waals surface area contributed by atoms with E-state index in [0.717, 1.165) is 16.7 Å². The van der Waals surface area contributed by atoms with Gasteiger partial charge in [-0.05, 0) is 29.3 Å². The number of nitrogens with zero attached hydrogens (tertiary/aromatic N) is 6. The molecular formula is C24H24N6O4. The molecule has 34 heavy (non-hydrogen) atoms. The van der Waals surface area contributed by atoms with E-state index in [1.807, 2.05) is 36.4 Å². The number of carbonyl (C=O) groups excluding carboxylic acids is 1. The first-order valence-corrected chi connectivity index (χ1v) is 11.0. The van der Waals surface area contributed by atoms with E-state index in [2.05, 4.69) is 15.2 Å². The zero-order chi connectivity index (χ0) is 23.5. The molecule has 1 N–H and O–H groups in total. The third-order valence-electron chi connectivity index (χ3n) is 5.73. The Morgan fingerprint density at radius 3 is 2.62 bits per heavy atom. The maximum atomic E-state index is 11.7. The van der Waals surface area contributed by atoms with E-state index < -0.39 is 0 Å². The molecular weight excluding hydrogens is 436 g/mol. The molecule has 0 unspecified atom stereocenters. The number of aliphatic hydroxyl groups is 1. The summed E-state index contributed by atoms with van der Waals surface area (Å²) in [7, 11) is 1.36. The molecule has 2 aromatic heterocycles. The zero-order valence-electron chi connectivity index (χ0n) is 18.7. The third-order valence-corrected chi connectivity index (χ3v) is 5.73. The van der Waals surface area contributed by atoms with Crippen LogP contribution in [0.3, 0.4) is 0 Å². The fraction of sp³-hybridized carbons (Fsp3) is 0.292. The summed E-state index contributed by atoms with van der Waals surface area (Å²) in [6.07, 6.45) is 0. The normalized spacial score (nSPS) is 13.9. The Kier molecular flexibility index (Phi) is 6.15. The number of carbonyl (C=O) groups is 1. The molecule has 5 rings (SSSR count). The summed E-state index contributed by atoms with van der Waals surface area (Å²) in [5, 5.41) is 18.3. The van der Waals surface area contributed by atoms with E-state index in [9.17, 15) is 9.90 Å². The standard InChI is InChI=1S/C24H24N6O4/c1-33-24(32)18-7-5-16(6-8-18)14-30-23-20(27-28-30)22(29-9-11-34-12-10-29)25-21(26-23)19-4-2-3-17(13-19)15-31/h2-8,13,31H,9-12,14-15H2,1H3. The fourth-order valence-electron chi connectivity index (χ4n) is 3.92. The SMILES string of the molecule is COC(=O)c1ccc(Cn2nnc3c(N4CCOCC4)nc(-c4cccc(CO)c4)nc32)cc1. The Bertz CT molecular complexity index is 1320. The van der Waals surface area contributed by atoms with Gasteiger partial charge in [-0.2, -0.15) is 0 Å².